The van der Waals surface area contributed by atoms with Crippen LogP contribution in [0.15, 0.2) is 5.28 Å². The highest BCUT2D eigenvalue weighted by Crippen LogP contribution is 2.35. The monoisotopic (exact) mass is 188 g/mol. The zero-order valence-electron chi connectivity index (χ0n) is 9.33. The van der Waals surface area contributed by atoms with Gasteiger partial charge < -0.3 is 10.4 Å². The summed E-state index contributed by atoms with van der Waals surface area (Å²) in [6, 6.07) is -0.343. The second kappa shape index (κ2) is 3.52. The fourth-order valence-corrected chi connectivity index (χ4v) is 2.01. The zero-order chi connectivity index (χ0) is 10.9. The largest absolute Gasteiger partial charge is 0.597 e. The topological polar surface area (TPSA) is 58.7 Å². The summed E-state index contributed by atoms with van der Waals surface area (Å²) in [5.74, 6) is 0. The Hall–Kier alpha value is -0.800. The van der Waals surface area contributed by atoms with Crippen molar-refractivity contribution < 1.29 is 10.1 Å². The maximum atomic E-state index is 11.3. The first-order valence-corrected chi connectivity index (χ1v) is 4.42. The van der Waals surface area contributed by atoms with E-state index in [9.17, 15) is 5.21 Å². The van der Waals surface area contributed by atoms with Crippen LogP contribution in [0.2, 0.25) is 0 Å². The maximum absolute atomic E-state index is 11.3. The summed E-state index contributed by atoms with van der Waals surface area (Å²) in [6.07, 6.45) is 0. The Bertz CT molecular complexity index is 185. The summed E-state index contributed by atoms with van der Waals surface area (Å²) in [5, 5.41) is 22.5. The molecule has 0 fully saturated rings. The van der Waals surface area contributed by atoms with Crippen molar-refractivity contribution in [2.45, 2.75) is 47.6 Å². The second-order valence-electron chi connectivity index (χ2n) is 5.53. The lowest BCUT2D eigenvalue weighted by atomic mass is 9.72. The predicted molar refractivity (Wildman–Crippen MR) is 50.5 cm³/mol. The van der Waals surface area contributed by atoms with E-state index >= 15 is 0 Å². The van der Waals surface area contributed by atoms with E-state index in [4.69, 9.17) is 5.21 Å². The van der Waals surface area contributed by atoms with E-state index in [1.807, 2.05) is 41.5 Å². The Morgan fingerprint density at radius 2 is 1.38 bits per heavy atom. The van der Waals surface area contributed by atoms with Crippen molar-refractivity contribution in [3.63, 3.8) is 0 Å². The molecule has 0 rings (SSSR count). The van der Waals surface area contributed by atoms with Crippen molar-refractivity contribution >= 4 is 0 Å². The molecule has 0 atom stereocenters. The van der Waals surface area contributed by atoms with Gasteiger partial charge in [-0.25, -0.2) is 0 Å². The van der Waals surface area contributed by atoms with Gasteiger partial charge in [-0.1, -0.05) is 46.4 Å². The third kappa shape index (κ3) is 3.20. The molecule has 0 aliphatic rings. The predicted octanol–water partition coefficient (Wildman–Crippen LogP) is 2.80. The number of hydrogen-bond donors (Lipinski definition) is 1. The lowest BCUT2D eigenvalue weighted by Gasteiger charge is -2.35. The minimum atomic E-state index is -0.343. The van der Waals surface area contributed by atoms with Crippen LogP contribution >= 0.6 is 0 Å². The van der Waals surface area contributed by atoms with Crippen LogP contribution in [-0.4, -0.2) is 16.1 Å². The summed E-state index contributed by atoms with van der Waals surface area (Å²) in [6.45, 7) is 11.7. The molecule has 0 saturated heterocycles. The van der Waals surface area contributed by atoms with Crippen LogP contribution in [0.1, 0.15) is 41.5 Å². The summed E-state index contributed by atoms with van der Waals surface area (Å²) in [7, 11) is 0. The van der Waals surface area contributed by atoms with Crippen molar-refractivity contribution in [3.05, 3.63) is 5.21 Å². The molecule has 0 spiro atoms. The Morgan fingerprint density at radius 1 is 1.08 bits per heavy atom. The van der Waals surface area contributed by atoms with Gasteiger partial charge in [0.05, 0.1) is 0 Å². The summed E-state index contributed by atoms with van der Waals surface area (Å²) < 4.78 is 0. The van der Waals surface area contributed by atoms with Crippen molar-refractivity contribution in [2.75, 3.05) is 0 Å². The van der Waals surface area contributed by atoms with Crippen molar-refractivity contribution in [2.24, 2.45) is 16.1 Å². The molecule has 0 heterocycles. The molecule has 0 radical (unpaired) electrons. The van der Waals surface area contributed by atoms with Crippen molar-refractivity contribution in [1.29, 1.82) is 0 Å². The second-order valence-corrected chi connectivity index (χ2v) is 5.53. The van der Waals surface area contributed by atoms with Crippen LogP contribution in [0.5, 0.6) is 0 Å². The third-order valence-corrected chi connectivity index (χ3v) is 1.95. The van der Waals surface area contributed by atoms with Gasteiger partial charge in [0, 0.05) is 10.8 Å². The van der Waals surface area contributed by atoms with Gasteiger partial charge >= 0.3 is 0 Å². The van der Waals surface area contributed by atoms with Gasteiger partial charge in [-0.15, -0.1) is 0 Å². The number of nitrogens with zero attached hydrogens (tertiary/aromatic N) is 2. The number of hydrogen-bond acceptors (Lipinski definition) is 2. The molecule has 13 heavy (non-hydrogen) atoms. The smallest absolute Gasteiger partial charge is 0.203 e. The first-order chi connectivity index (χ1) is 5.60. The minimum Gasteiger partial charge on any atom is -0.597 e. The van der Waals surface area contributed by atoms with Crippen LogP contribution in [0, 0.1) is 16.0 Å². The zero-order valence-corrected chi connectivity index (χ0v) is 9.33. The molecule has 0 aromatic heterocycles. The van der Waals surface area contributed by atoms with Gasteiger partial charge in [0.25, 0.3) is 0 Å². The average Bonchev–Trinajstić information content (AvgIpc) is 1.80. The fourth-order valence-electron chi connectivity index (χ4n) is 2.01. The molecule has 0 saturated carbocycles. The normalized spacial score (nSPS) is 15.2. The van der Waals surface area contributed by atoms with Crippen LogP contribution < -0.4 is 0 Å². The lowest BCUT2D eigenvalue weighted by Crippen LogP contribution is -2.44. The van der Waals surface area contributed by atoms with Crippen LogP contribution in [0.3, 0.4) is 0 Å². The number of rotatable bonds is 1. The highest BCUT2D eigenvalue weighted by Gasteiger charge is 2.43. The van der Waals surface area contributed by atoms with E-state index in [2.05, 4.69) is 5.28 Å². The van der Waals surface area contributed by atoms with Gasteiger partial charge in [0.1, 0.15) is 0 Å². The van der Waals surface area contributed by atoms with Gasteiger partial charge in [-0.3, -0.25) is 0 Å². The molecule has 1 N–H and O–H groups in total. The van der Waals surface area contributed by atoms with Crippen LogP contribution in [-0.2, 0) is 0 Å². The number of hydroxylamine groups is 1. The average molecular weight is 188 g/mol. The van der Waals surface area contributed by atoms with Gasteiger partial charge in [0.2, 0.25) is 6.04 Å². The van der Waals surface area contributed by atoms with Crippen LogP contribution in [0.25, 0.3) is 0 Å². The van der Waals surface area contributed by atoms with E-state index in [0.717, 1.165) is 0 Å². The molecule has 0 aliphatic carbocycles. The Balaban J connectivity index is 5.01. The van der Waals surface area contributed by atoms with E-state index < -0.39 is 0 Å². The Labute approximate surface area is 79.8 Å². The molecule has 0 aromatic rings. The lowest BCUT2D eigenvalue weighted by molar-refractivity contribution is -0.619. The maximum Gasteiger partial charge on any atom is 0.203 e. The minimum absolute atomic E-state index is 0.216. The molecule has 4 heteroatoms. The third-order valence-electron chi connectivity index (χ3n) is 1.95. The van der Waals surface area contributed by atoms with Gasteiger partial charge in [0.15, 0.2) is 5.28 Å². The van der Waals surface area contributed by atoms with Crippen molar-refractivity contribution in [3.8, 4) is 0 Å². The molecule has 0 amide bonds. The van der Waals surface area contributed by atoms with Gasteiger partial charge in [-0.2, -0.15) is 0 Å². The van der Waals surface area contributed by atoms with Gasteiger partial charge in [-0.05, 0) is 0 Å². The molecule has 0 bridgehead atoms. The van der Waals surface area contributed by atoms with Crippen molar-refractivity contribution in [1.82, 2.24) is 0 Å². The van der Waals surface area contributed by atoms with E-state index in [1.54, 1.807) is 0 Å². The quantitative estimate of drug-likeness (QED) is 0.391. The summed E-state index contributed by atoms with van der Waals surface area (Å²) in [5.41, 5.74) is -0.432. The fraction of sp³-hybridized carbons (Fsp3) is 1.00. The SMILES string of the molecule is CC(C)(C)C(/[N+]([O-])=N/O)C(C)(C)C. The molecule has 4 nitrogen and oxygen atoms in total. The summed E-state index contributed by atoms with van der Waals surface area (Å²) >= 11 is 0. The molecule has 0 aromatic carbocycles. The van der Waals surface area contributed by atoms with E-state index in [0.29, 0.717) is 4.86 Å². The Kier molecular flexibility index (Phi) is 3.30. The molecule has 0 unspecified atom stereocenters. The van der Waals surface area contributed by atoms with E-state index in [1.165, 1.54) is 0 Å². The van der Waals surface area contributed by atoms with E-state index in [-0.39, 0.29) is 16.9 Å². The summed E-state index contributed by atoms with van der Waals surface area (Å²) in [4.78, 5) is 0.389. The first kappa shape index (κ1) is 12.2. The Morgan fingerprint density at radius 3 is 1.46 bits per heavy atom. The van der Waals surface area contributed by atoms with Crippen LogP contribution in [0.4, 0.5) is 0 Å². The standard InChI is InChI=1S/C9H20N2O2/c1-8(2,3)7(9(4,5)6)11(13)10-12/h7,12H,1-6H3/b11-10-. The molecule has 0 aliphatic heterocycles. The first-order valence-electron chi connectivity index (χ1n) is 4.42. The molecule has 78 valence electrons. The molecular formula is C9H20N2O2. The highest BCUT2D eigenvalue weighted by molar-refractivity contribution is 4.83. The molecular weight excluding hydrogens is 168 g/mol. The highest BCUT2D eigenvalue weighted by atomic mass is 16.6.